The number of unbranched alkanes of at least 4 members (excludes halogenated alkanes) is 2. The van der Waals surface area contributed by atoms with Crippen LogP contribution in [0, 0.1) is 6.07 Å². The molecule has 0 spiro atoms. The number of fused-ring (bicyclic) bond motifs is 5. The Kier molecular flexibility index (Phi) is 19.8. The van der Waals surface area contributed by atoms with E-state index in [9.17, 15) is 52.7 Å². The number of alkyl halides is 12. The van der Waals surface area contributed by atoms with E-state index >= 15 is 0 Å². The first-order valence-electron chi connectivity index (χ1n) is 23.8. The Morgan fingerprint density at radius 3 is 1.27 bits per heavy atom. The van der Waals surface area contributed by atoms with Crippen molar-refractivity contribution in [2.75, 3.05) is 0 Å². The van der Waals surface area contributed by atoms with Gasteiger partial charge in [-0.05, 0) is 73.2 Å². The first-order chi connectivity index (χ1) is 34.9. The number of hydrogen-bond donors (Lipinski definition) is 0. The predicted molar refractivity (Wildman–Crippen MR) is 273 cm³/mol. The zero-order valence-electron chi connectivity index (χ0n) is 40.6. The van der Waals surface area contributed by atoms with Crippen LogP contribution in [-0.4, -0.2) is 9.52 Å². The zero-order chi connectivity index (χ0) is 54.2. The van der Waals surface area contributed by atoms with Crippen LogP contribution in [0.5, 0.6) is 0 Å². The summed E-state index contributed by atoms with van der Waals surface area (Å²) in [5.41, 5.74) is 1.91. The molecular formula is C58H49Cl2F12SiZr-3. The molecule has 2 radical (unpaired) electrons. The Labute approximate surface area is 444 Å². The van der Waals surface area contributed by atoms with E-state index in [0.717, 1.165) is 105 Å². The molecule has 0 N–H and O–H groups in total. The Morgan fingerprint density at radius 2 is 0.892 bits per heavy atom. The molecule has 0 fully saturated rings. The minimum absolute atomic E-state index is 0.0535. The van der Waals surface area contributed by atoms with Crippen LogP contribution < -0.4 is 10.4 Å². The summed E-state index contributed by atoms with van der Waals surface area (Å²) in [6.07, 6.45) is -12.9. The molecule has 74 heavy (non-hydrogen) atoms. The second kappa shape index (κ2) is 25.0. The standard InChI is InChI=1S/2C23H21F6.C12H7Si.2ClH.Zr/c2*1-3-5-6-14-9-16-8-7-15(4-2)21(20(16)10-14)17-11-18(22(24,25)26)13-19(12-17)23(27,28)29;1-3-7-11-9(5-1)10-6-2-4-8-12(10)13-11;;;/h2*7-13H,3-6H2,1-2H3;1-7H;2*1H;/q3*-1;;;+2/p-2. The van der Waals surface area contributed by atoms with Gasteiger partial charge < -0.3 is 0 Å². The molecule has 0 unspecified atom stereocenters. The molecule has 9 rings (SSSR count). The van der Waals surface area contributed by atoms with E-state index in [-0.39, 0.29) is 23.3 Å². The van der Waals surface area contributed by atoms with Gasteiger partial charge >= 0.3 is 62.6 Å². The average molecular weight is 1160 g/mol. The van der Waals surface area contributed by atoms with Gasteiger partial charge in [0.05, 0.1) is 31.8 Å². The number of benzene rings is 6. The van der Waals surface area contributed by atoms with E-state index < -0.39 is 67.8 Å². The van der Waals surface area contributed by atoms with Crippen molar-refractivity contribution in [3.63, 3.8) is 0 Å². The maximum atomic E-state index is 13.3. The van der Waals surface area contributed by atoms with E-state index in [0.29, 0.717) is 34.7 Å². The topological polar surface area (TPSA) is 0 Å². The molecule has 8 aromatic rings. The molecule has 8 aromatic carbocycles. The first kappa shape index (κ1) is 58.6. The monoisotopic (exact) mass is 1160 g/mol. The molecule has 1 heterocycles. The smallest absolute Gasteiger partial charge is 0.0920 e. The van der Waals surface area contributed by atoms with Gasteiger partial charge in [0.25, 0.3) is 0 Å². The molecule has 1 aliphatic rings. The van der Waals surface area contributed by atoms with Crippen LogP contribution >= 0.6 is 17.0 Å². The fourth-order valence-corrected chi connectivity index (χ4v) is 10.3. The van der Waals surface area contributed by atoms with Gasteiger partial charge in [0.2, 0.25) is 0 Å². The summed E-state index contributed by atoms with van der Waals surface area (Å²) in [5.74, 6) is 0. The summed E-state index contributed by atoms with van der Waals surface area (Å²) in [4.78, 5) is 0. The van der Waals surface area contributed by atoms with Crippen LogP contribution in [-0.2, 0) is 71.2 Å². The Morgan fingerprint density at radius 1 is 0.500 bits per heavy atom. The van der Waals surface area contributed by atoms with Crippen LogP contribution in [0.15, 0.2) is 127 Å². The van der Waals surface area contributed by atoms with Gasteiger partial charge in [-0.3, -0.25) is 0 Å². The molecule has 0 saturated carbocycles. The van der Waals surface area contributed by atoms with Crippen molar-refractivity contribution in [2.24, 2.45) is 0 Å². The molecule has 0 bridgehead atoms. The van der Waals surface area contributed by atoms with Gasteiger partial charge in [-0.2, -0.15) is 94.3 Å². The van der Waals surface area contributed by atoms with Crippen LogP contribution in [0.25, 0.3) is 54.9 Å². The molecule has 390 valence electrons. The summed E-state index contributed by atoms with van der Waals surface area (Å²) in [6, 6.07) is 36.9. The van der Waals surface area contributed by atoms with Gasteiger partial charge in [0, 0.05) is 0 Å². The van der Waals surface area contributed by atoms with Crippen LogP contribution in [0.3, 0.4) is 0 Å². The summed E-state index contributed by atoms with van der Waals surface area (Å²) in [6.45, 7) is 7.79. The summed E-state index contributed by atoms with van der Waals surface area (Å²) in [5, 5.41) is 5.87. The van der Waals surface area contributed by atoms with Crippen LogP contribution in [0.2, 0.25) is 0 Å². The SMILES string of the molecule is CCCCc1cc2c(-c3cc(C(F)(F)F)cc(C(F)(F)F)c3)c(CC)ccc2[cH-]1.CCCCc1cc2c(-c3cc(C(F)(F)F)cc(C(F)(F)F)c3)c(CC)ccc2[cH-]1.[Cl][Zr][Cl].[c-]1cccc2c1[Si]c1ccccc1-2. The summed E-state index contributed by atoms with van der Waals surface area (Å²) in [7, 11) is 10.7. The van der Waals surface area contributed by atoms with Crippen molar-refractivity contribution in [1.29, 1.82) is 0 Å². The maximum absolute atomic E-state index is 13.3. The Balaban J connectivity index is 0.000000186. The number of aryl methyl sites for hydroxylation is 4. The molecular weight excluding hydrogens is 1110 g/mol. The summed E-state index contributed by atoms with van der Waals surface area (Å²) >= 11 is -0.826. The van der Waals surface area contributed by atoms with Crippen molar-refractivity contribution in [3.8, 4) is 33.4 Å². The van der Waals surface area contributed by atoms with Gasteiger partial charge in [-0.1, -0.05) is 111 Å². The molecule has 0 atom stereocenters. The molecule has 1 aliphatic heterocycles. The van der Waals surface area contributed by atoms with Gasteiger partial charge in [-0.25, -0.2) is 0 Å². The van der Waals surface area contributed by atoms with Gasteiger partial charge in [-0.15, -0.1) is 74.6 Å². The second-order valence-corrected chi connectivity index (χ2v) is 22.7. The van der Waals surface area contributed by atoms with E-state index in [4.69, 9.17) is 17.0 Å². The number of rotatable bonds is 10. The largest absolute Gasteiger partial charge is 0.184 e. The van der Waals surface area contributed by atoms with Crippen molar-refractivity contribution in [3.05, 3.63) is 178 Å². The van der Waals surface area contributed by atoms with E-state index in [1.54, 1.807) is 12.1 Å². The number of halogens is 14. The van der Waals surface area contributed by atoms with Crippen LogP contribution in [0.4, 0.5) is 52.7 Å². The third-order valence-electron chi connectivity index (χ3n) is 12.6. The van der Waals surface area contributed by atoms with Crippen molar-refractivity contribution >= 4 is 58.5 Å². The first-order valence-corrected chi connectivity index (χ1v) is 31.1. The summed E-state index contributed by atoms with van der Waals surface area (Å²) < 4.78 is 160. The molecule has 0 aliphatic carbocycles. The molecule has 16 heteroatoms. The predicted octanol–water partition coefficient (Wildman–Crippen LogP) is 18.8. The van der Waals surface area contributed by atoms with Crippen molar-refractivity contribution in [2.45, 2.75) is 104 Å². The minimum Gasteiger partial charge on any atom is -0.184 e. The number of hydrogen-bond acceptors (Lipinski definition) is 0. The Bertz CT molecular complexity index is 2890. The Hall–Kier alpha value is -4.62. The van der Waals surface area contributed by atoms with Gasteiger partial charge in [0.15, 0.2) is 0 Å². The quantitative estimate of drug-likeness (QED) is 0.0727. The van der Waals surface area contributed by atoms with Gasteiger partial charge in [0.1, 0.15) is 0 Å². The van der Waals surface area contributed by atoms with E-state index in [2.05, 4.69) is 56.3 Å². The third kappa shape index (κ3) is 14.4. The fourth-order valence-electron chi connectivity index (χ4n) is 9.02. The molecule has 0 saturated heterocycles. The van der Waals surface area contributed by atoms with Crippen molar-refractivity contribution < 1.29 is 73.5 Å². The minimum atomic E-state index is -4.87. The second-order valence-electron chi connectivity index (χ2n) is 17.6. The van der Waals surface area contributed by atoms with E-state index in [1.807, 2.05) is 56.3 Å². The van der Waals surface area contributed by atoms with Crippen LogP contribution in [0.1, 0.15) is 97.9 Å². The molecule has 0 amide bonds. The molecule has 0 nitrogen and oxygen atoms in total. The maximum Gasteiger partial charge on any atom is 0.0920 e. The van der Waals surface area contributed by atoms with Crippen molar-refractivity contribution in [1.82, 2.24) is 0 Å². The van der Waals surface area contributed by atoms with E-state index in [1.165, 1.54) is 21.5 Å². The normalized spacial score (nSPS) is 12.3. The third-order valence-corrected chi connectivity index (χ3v) is 13.9. The fraction of sp³-hybridized carbons (Fsp3) is 0.276. The zero-order valence-corrected chi connectivity index (χ0v) is 45.5. The molecule has 0 aromatic heterocycles. The average Bonchev–Trinajstić information content (AvgIpc) is 4.08.